The maximum Gasteiger partial charge on any atom is 0.325 e. The molecule has 9 heteroatoms. The van der Waals surface area contributed by atoms with Gasteiger partial charge >= 0.3 is 5.97 Å². The second kappa shape index (κ2) is 8.18. The lowest BCUT2D eigenvalue weighted by molar-refractivity contribution is -0.141. The number of fused-ring (bicyclic) bond motifs is 1. The van der Waals surface area contributed by atoms with E-state index in [1.54, 1.807) is 12.1 Å². The van der Waals surface area contributed by atoms with Crippen LogP contribution in [0.3, 0.4) is 0 Å². The molecular formula is C17H11Cl2NO4S2. The molecule has 26 heavy (non-hydrogen) atoms. The molecule has 1 amide bonds. The van der Waals surface area contributed by atoms with Gasteiger partial charge in [-0.1, -0.05) is 41.4 Å². The van der Waals surface area contributed by atoms with Crippen LogP contribution in [0.2, 0.25) is 9.36 Å². The van der Waals surface area contributed by atoms with Crippen LogP contribution in [0.5, 0.6) is 0 Å². The fourth-order valence-corrected chi connectivity index (χ4v) is 4.53. The number of carbonyl (C=O) groups is 3. The lowest BCUT2D eigenvalue weighted by atomic mass is 10.2. The van der Waals surface area contributed by atoms with Crippen molar-refractivity contribution in [3.8, 4) is 0 Å². The van der Waals surface area contributed by atoms with Crippen LogP contribution >= 0.6 is 45.9 Å². The van der Waals surface area contributed by atoms with Crippen molar-refractivity contribution >= 4 is 73.6 Å². The molecule has 134 valence electrons. The Bertz CT molecular complexity index is 996. The van der Waals surface area contributed by atoms with Crippen LogP contribution in [0.1, 0.15) is 19.3 Å². The van der Waals surface area contributed by atoms with Gasteiger partial charge < -0.3 is 10.1 Å². The third-order valence-corrected chi connectivity index (χ3v) is 6.29. The minimum Gasteiger partial charge on any atom is -0.456 e. The average molecular weight is 428 g/mol. The van der Waals surface area contributed by atoms with Crippen LogP contribution in [-0.4, -0.2) is 30.8 Å². The van der Waals surface area contributed by atoms with E-state index < -0.39 is 18.5 Å². The number of carbonyl (C=O) groups excluding carboxylic acids is 3. The highest BCUT2D eigenvalue weighted by Crippen LogP contribution is 2.34. The van der Waals surface area contributed by atoms with E-state index in [-0.39, 0.29) is 12.3 Å². The molecule has 2 aromatic heterocycles. The zero-order chi connectivity index (χ0) is 18.7. The van der Waals surface area contributed by atoms with E-state index in [2.05, 4.69) is 5.32 Å². The fraction of sp³-hybridized carbons (Fsp3) is 0.118. The van der Waals surface area contributed by atoms with Gasteiger partial charge in [0.15, 0.2) is 6.61 Å². The Balaban J connectivity index is 1.53. The Morgan fingerprint density at radius 1 is 1.04 bits per heavy atom. The van der Waals surface area contributed by atoms with Crippen LogP contribution < -0.4 is 5.32 Å². The summed E-state index contributed by atoms with van der Waals surface area (Å²) in [5.41, 5.74) is 0. The highest BCUT2D eigenvalue weighted by Gasteiger charge is 2.18. The first-order valence-electron chi connectivity index (χ1n) is 7.35. The van der Waals surface area contributed by atoms with Gasteiger partial charge in [0.05, 0.1) is 14.2 Å². The van der Waals surface area contributed by atoms with Gasteiger partial charge in [0.1, 0.15) is 11.4 Å². The van der Waals surface area contributed by atoms with Crippen LogP contribution in [0.4, 0.5) is 0 Å². The van der Waals surface area contributed by atoms with Crippen molar-refractivity contribution in [2.45, 2.75) is 0 Å². The second-order valence-corrected chi connectivity index (χ2v) is 8.26. The van der Waals surface area contributed by atoms with E-state index in [9.17, 15) is 14.4 Å². The van der Waals surface area contributed by atoms with Crippen molar-refractivity contribution in [1.82, 2.24) is 5.32 Å². The monoisotopic (exact) mass is 427 g/mol. The lowest BCUT2D eigenvalue weighted by Crippen LogP contribution is -2.31. The minimum atomic E-state index is -0.716. The third-order valence-electron chi connectivity index (χ3n) is 3.35. The van der Waals surface area contributed by atoms with E-state index in [4.69, 9.17) is 27.9 Å². The van der Waals surface area contributed by atoms with E-state index in [0.717, 1.165) is 21.4 Å². The summed E-state index contributed by atoms with van der Waals surface area (Å²) >= 11 is 14.3. The standard InChI is InChI=1S/C17H11Cl2NO4S2/c18-13-6-5-12(25-13)10(21)8-24-14(22)7-20-17(23)16-15(19)9-3-1-2-4-11(9)26-16/h1-6H,7-8H2,(H,20,23). The summed E-state index contributed by atoms with van der Waals surface area (Å²) < 4.78 is 6.23. The molecule has 0 aliphatic carbocycles. The molecule has 0 radical (unpaired) electrons. The molecule has 3 rings (SSSR count). The van der Waals surface area contributed by atoms with Crippen LogP contribution in [-0.2, 0) is 9.53 Å². The summed E-state index contributed by atoms with van der Waals surface area (Å²) in [4.78, 5) is 36.5. The number of hydrogen-bond acceptors (Lipinski definition) is 6. The molecule has 2 heterocycles. The minimum absolute atomic E-state index is 0.324. The predicted octanol–water partition coefficient (Wildman–Crippen LogP) is 4.43. The first-order chi connectivity index (χ1) is 12.5. The zero-order valence-electron chi connectivity index (χ0n) is 13.1. The van der Waals surface area contributed by atoms with Crippen molar-refractivity contribution in [1.29, 1.82) is 0 Å². The molecule has 5 nitrogen and oxygen atoms in total. The summed E-state index contributed by atoms with van der Waals surface area (Å²) in [7, 11) is 0. The van der Waals surface area contributed by atoms with Gasteiger partial charge in [-0.3, -0.25) is 14.4 Å². The number of benzene rings is 1. The number of esters is 1. The number of nitrogens with one attached hydrogen (secondary N) is 1. The number of thiophene rings is 2. The van der Waals surface area contributed by atoms with Crippen molar-refractivity contribution in [2.24, 2.45) is 0 Å². The molecule has 0 aliphatic heterocycles. The van der Waals surface area contributed by atoms with Gasteiger partial charge in [0, 0.05) is 10.1 Å². The topological polar surface area (TPSA) is 72.5 Å². The lowest BCUT2D eigenvalue weighted by Gasteiger charge is -2.05. The summed E-state index contributed by atoms with van der Waals surface area (Å²) in [5, 5.41) is 3.58. The fourth-order valence-electron chi connectivity index (χ4n) is 2.13. The van der Waals surface area contributed by atoms with Crippen LogP contribution in [0, 0.1) is 0 Å². The number of Topliss-reactive ketones (excluding diaryl/α,β-unsaturated/α-hetero) is 1. The molecule has 0 unspecified atom stereocenters. The molecule has 0 saturated heterocycles. The number of ether oxygens (including phenoxy) is 1. The highest BCUT2D eigenvalue weighted by molar-refractivity contribution is 7.21. The molecule has 1 N–H and O–H groups in total. The smallest absolute Gasteiger partial charge is 0.325 e. The van der Waals surface area contributed by atoms with E-state index in [1.807, 2.05) is 24.3 Å². The first kappa shape index (κ1) is 18.8. The zero-order valence-corrected chi connectivity index (χ0v) is 16.2. The quantitative estimate of drug-likeness (QED) is 0.466. The summed E-state index contributed by atoms with van der Waals surface area (Å²) in [6.45, 7) is -0.767. The Hall–Kier alpha value is -1.93. The molecule has 0 atom stereocenters. The molecule has 0 spiro atoms. The van der Waals surface area contributed by atoms with Crippen molar-refractivity contribution in [3.05, 3.63) is 55.5 Å². The SMILES string of the molecule is O=C(CNC(=O)c1sc2ccccc2c1Cl)OCC(=O)c1ccc(Cl)s1. The third kappa shape index (κ3) is 4.24. The van der Waals surface area contributed by atoms with Crippen molar-refractivity contribution in [2.75, 3.05) is 13.2 Å². The van der Waals surface area contributed by atoms with Crippen LogP contribution in [0.15, 0.2) is 36.4 Å². The molecule has 0 bridgehead atoms. The van der Waals surface area contributed by atoms with E-state index in [0.29, 0.717) is 19.1 Å². The number of rotatable bonds is 6. The number of hydrogen-bond donors (Lipinski definition) is 1. The van der Waals surface area contributed by atoms with Gasteiger partial charge in [-0.2, -0.15) is 0 Å². The number of amides is 1. The average Bonchev–Trinajstić information content (AvgIpc) is 3.22. The Kier molecular flexibility index (Phi) is 5.93. The van der Waals surface area contributed by atoms with Gasteiger partial charge in [-0.05, 0) is 18.2 Å². The highest BCUT2D eigenvalue weighted by atomic mass is 35.5. The van der Waals surface area contributed by atoms with Crippen molar-refractivity contribution in [3.63, 3.8) is 0 Å². The Morgan fingerprint density at radius 2 is 1.81 bits per heavy atom. The molecule has 0 saturated carbocycles. The second-order valence-electron chi connectivity index (χ2n) is 5.11. The van der Waals surface area contributed by atoms with Crippen molar-refractivity contribution < 1.29 is 19.1 Å². The van der Waals surface area contributed by atoms with Crippen LogP contribution in [0.25, 0.3) is 10.1 Å². The largest absolute Gasteiger partial charge is 0.456 e. The van der Waals surface area contributed by atoms with E-state index in [1.165, 1.54) is 11.3 Å². The predicted molar refractivity (Wildman–Crippen MR) is 104 cm³/mol. The Labute approximate surface area is 166 Å². The number of halogens is 2. The molecule has 1 aromatic carbocycles. The summed E-state index contributed by atoms with van der Waals surface area (Å²) in [6, 6.07) is 10.5. The van der Waals surface area contributed by atoms with Gasteiger partial charge in [-0.15, -0.1) is 22.7 Å². The Morgan fingerprint density at radius 3 is 2.50 bits per heavy atom. The first-order valence-corrected chi connectivity index (χ1v) is 9.74. The summed E-state index contributed by atoms with van der Waals surface area (Å²) in [5.74, 6) is -1.54. The van der Waals surface area contributed by atoms with E-state index >= 15 is 0 Å². The summed E-state index contributed by atoms with van der Waals surface area (Å²) in [6.07, 6.45) is 0. The van der Waals surface area contributed by atoms with Gasteiger partial charge in [0.25, 0.3) is 5.91 Å². The maximum atomic E-state index is 12.2. The van der Waals surface area contributed by atoms with Gasteiger partial charge in [0.2, 0.25) is 5.78 Å². The molecule has 0 aliphatic rings. The maximum absolute atomic E-state index is 12.2. The molecule has 3 aromatic rings. The molecule has 0 fully saturated rings. The normalized spacial score (nSPS) is 10.7. The van der Waals surface area contributed by atoms with Gasteiger partial charge in [-0.25, -0.2) is 0 Å². The number of ketones is 1. The molecular weight excluding hydrogens is 417 g/mol.